The van der Waals surface area contributed by atoms with Gasteiger partial charge in [-0.25, -0.2) is 9.97 Å². The molecule has 0 saturated carbocycles. The molecule has 2 heteroatoms. The smallest absolute Gasteiger partial charge is 0.0790 e. The van der Waals surface area contributed by atoms with Crippen molar-refractivity contribution in [1.82, 2.24) is 9.97 Å². The van der Waals surface area contributed by atoms with Gasteiger partial charge >= 0.3 is 0 Å². The zero-order valence-electron chi connectivity index (χ0n) is 28.1. The van der Waals surface area contributed by atoms with Crippen LogP contribution in [0.25, 0.3) is 65.2 Å². The predicted octanol–water partition coefficient (Wildman–Crippen LogP) is 13.3. The second-order valence-electron chi connectivity index (χ2n) is 13.6. The van der Waals surface area contributed by atoms with Gasteiger partial charge in [0.1, 0.15) is 0 Å². The van der Waals surface area contributed by atoms with Crippen LogP contribution in [-0.2, 0) is 6.42 Å². The van der Waals surface area contributed by atoms with Crippen LogP contribution < -0.4 is 0 Å². The van der Waals surface area contributed by atoms with Crippen molar-refractivity contribution >= 4 is 65.2 Å². The van der Waals surface area contributed by atoms with E-state index in [4.69, 9.17) is 9.97 Å². The molecule has 2 heterocycles. The van der Waals surface area contributed by atoms with Crippen molar-refractivity contribution in [3.63, 3.8) is 0 Å². The number of nitrogens with zero attached hydrogens (tertiary/aromatic N) is 2. The average Bonchev–Trinajstić information content (AvgIpc) is 3.14. The van der Waals surface area contributed by atoms with Crippen molar-refractivity contribution < 1.29 is 0 Å². The molecule has 2 aromatic heterocycles. The number of hydrogen-bond donors (Lipinski definition) is 0. The Morgan fingerprint density at radius 3 is 1.60 bits per heavy atom. The van der Waals surface area contributed by atoms with Crippen LogP contribution in [0.4, 0.5) is 0 Å². The highest BCUT2D eigenvalue weighted by molar-refractivity contribution is 6.11. The van der Waals surface area contributed by atoms with Gasteiger partial charge in [0, 0.05) is 32.3 Å². The van der Waals surface area contributed by atoms with Crippen molar-refractivity contribution in [1.29, 1.82) is 0 Å². The maximum atomic E-state index is 5.19. The standard InChI is InChI=1S/C46H44N2/c1-2-32(44-40-25-15-17-27-43(40)48-46-36-22-13-11-20-34(36)29-31-41(44)46)18-8-6-4-3-5-7-9-23-37-38-24-14-16-26-42(38)47-45-35-21-12-10-19-33(35)28-30-39(37)45/h10-17,19-22,24-32H,2-9,18,23H2,1H3. The summed E-state index contributed by atoms with van der Waals surface area (Å²) in [5.74, 6) is 0.545. The third-order valence-corrected chi connectivity index (χ3v) is 10.7. The van der Waals surface area contributed by atoms with Crippen molar-refractivity contribution in [2.75, 3.05) is 0 Å². The molecule has 8 aromatic rings. The maximum Gasteiger partial charge on any atom is 0.0790 e. The molecular formula is C46H44N2. The Morgan fingerprint density at radius 1 is 0.438 bits per heavy atom. The fourth-order valence-corrected chi connectivity index (χ4v) is 8.21. The molecule has 1 atom stereocenters. The van der Waals surface area contributed by atoms with E-state index in [1.165, 1.54) is 106 Å². The molecule has 0 spiro atoms. The number of rotatable bonds is 12. The Morgan fingerprint density at radius 2 is 0.938 bits per heavy atom. The van der Waals surface area contributed by atoms with Crippen LogP contribution >= 0.6 is 0 Å². The Hall–Kier alpha value is -4.82. The van der Waals surface area contributed by atoms with E-state index in [-0.39, 0.29) is 0 Å². The number of para-hydroxylation sites is 2. The molecule has 0 aliphatic rings. The summed E-state index contributed by atoms with van der Waals surface area (Å²) < 4.78 is 0. The average molecular weight is 625 g/mol. The molecule has 0 fully saturated rings. The van der Waals surface area contributed by atoms with E-state index < -0.39 is 0 Å². The highest BCUT2D eigenvalue weighted by Crippen LogP contribution is 2.39. The van der Waals surface area contributed by atoms with Crippen molar-refractivity contribution in [3.05, 3.63) is 132 Å². The topological polar surface area (TPSA) is 25.8 Å². The summed E-state index contributed by atoms with van der Waals surface area (Å²) >= 11 is 0. The normalized spacial score (nSPS) is 12.6. The van der Waals surface area contributed by atoms with Crippen LogP contribution in [0.15, 0.2) is 121 Å². The second-order valence-corrected chi connectivity index (χ2v) is 13.6. The van der Waals surface area contributed by atoms with Gasteiger partial charge < -0.3 is 0 Å². The zero-order valence-corrected chi connectivity index (χ0v) is 28.1. The van der Waals surface area contributed by atoms with Crippen LogP contribution in [0, 0.1) is 0 Å². The van der Waals surface area contributed by atoms with Gasteiger partial charge in [-0.15, -0.1) is 0 Å². The largest absolute Gasteiger partial charge is 0.247 e. The Bertz CT molecular complexity index is 2390. The molecule has 0 aliphatic carbocycles. The minimum Gasteiger partial charge on any atom is -0.247 e. The third kappa shape index (κ3) is 5.79. The lowest BCUT2D eigenvalue weighted by Crippen LogP contribution is -2.02. The molecule has 48 heavy (non-hydrogen) atoms. The summed E-state index contributed by atoms with van der Waals surface area (Å²) in [6.07, 6.45) is 12.6. The first-order valence-electron chi connectivity index (χ1n) is 18.2. The monoisotopic (exact) mass is 624 g/mol. The van der Waals surface area contributed by atoms with E-state index in [2.05, 4.69) is 128 Å². The van der Waals surface area contributed by atoms with E-state index in [0.29, 0.717) is 5.92 Å². The molecule has 0 saturated heterocycles. The molecule has 0 aliphatic heterocycles. The number of hydrogen-bond acceptors (Lipinski definition) is 2. The molecule has 8 rings (SSSR count). The second kappa shape index (κ2) is 13.7. The Labute approximate surface area is 283 Å². The lowest BCUT2D eigenvalue weighted by molar-refractivity contribution is 0.526. The van der Waals surface area contributed by atoms with Gasteiger partial charge in [-0.2, -0.15) is 0 Å². The first kappa shape index (κ1) is 30.5. The summed E-state index contributed by atoms with van der Waals surface area (Å²) in [6.45, 7) is 2.37. The number of benzene rings is 6. The fraction of sp³-hybridized carbons (Fsp3) is 0.261. The van der Waals surface area contributed by atoms with Crippen LogP contribution in [0.5, 0.6) is 0 Å². The van der Waals surface area contributed by atoms with Gasteiger partial charge in [-0.3, -0.25) is 0 Å². The minimum atomic E-state index is 0.545. The predicted molar refractivity (Wildman–Crippen MR) is 207 cm³/mol. The molecule has 0 N–H and O–H groups in total. The van der Waals surface area contributed by atoms with E-state index in [0.717, 1.165) is 34.9 Å². The van der Waals surface area contributed by atoms with Gasteiger partial charge in [0.15, 0.2) is 0 Å². The van der Waals surface area contributed by atoms with Gasteiger partial charge in [0.05, 0.1) is 22.1 Å². The van der Waals surface area contributed by atoms with Crippen molar-refractivity contribution in [2.24, 2.45) is 0 Å². The molecule has 0 amide bonds. The van der Waals surface area contributed by atoms with Gasteiger partial charge in [0.2, 0.25) is 0 Å². The van der Waals surface area contributed by atoms with E-state index >= 15 is 0 Å². The maximum absolute atomic E-state index is 5.19. The molecule has 2 nitrogen and oxygen atoms in total. The molecule has 238 valence electrons. The fourth-order valence-electron chi connectivity index (χ4n) is 8.21. The number of fused-ring (bicyclic) bond motifs is 8. The summed E-state index contributed by atoms with van der Waals surface area (Å²) in [6, 6.07) is 44.0. The van der Waals surface area contributed by atoms with E-state index in [1.54, 1.807) is 0 Å². The zero-order chi connectivity index (χ0) is 32.3. The Balaban J connectivity index is 0.895. The number of aromatic nitrogens is 2. The first-order chi connectivity index (χ1) is 23.8. The SMILES string of the molecule is CCC(CCCCCCCCCc1c2ccccc2nc2c1ccc1ccccc12)c1c2ccccc2nc2c1ccc1ccccc12. The van der Waals surface area contributed by atoms with Gasteiger partial charge in [-0.1, -0.05) is 155 Å². The summed E-state index contributed by atoms with van der Waals surface area (Å²) in [4.78, 5) is 10.3. The number of unbranched alkanes of at least 4 members (excludes halogenated alkanes) is 6. The molecule has 1 unspecified atom stereocenters. The molecule has 0 bridgehead atoms. The van der Waals surface area contributed by atoms with Gasteiger partial charge in [-0.05, 0) is 65.6 Å². The van der Waals surface area contributed by atoms with Crippen molar-refractivity contribution in [3.8, 4) is 0 Å². The van der Waals surface area contributed by atoms with Crippen LogP contribution in [0.1, 0.15) is 81.8 Å². The summed E-state index contributed by atoms with van der Waals surface area (Å²) in [7, 11) is 0. The lowest BCUT2D eigenvalue weighted by Gasteiger charge is -2.21. The minimum absolute atomic E-state index is 0.545. The van der Waals surface area contributed by atoms with Crippen LogP contribution in [0.3, 0.4) is 0 Å². The summed E-state index contributed by atoms with van der Waals surface area (Å²) in [5.41, 5.74) is 7.51. The van der Waals surface area contributed by atoms with Gasteiger partial charge in [0.25, 0.3) is 0 Å². The third-order valence-electron chi connectivity index (χ3n) is 10.7. The Kier molecular flexibility index (Phi) is 8.73. The van der Waals surface area contributed by atoms with Crippen LogP contribution in [0.2, 0.25) is 0 Å². The van der Waals surface area contributed by atoms with Crippen molar-refractivity contribution in [2.45, 2.75) is 77.0 Å². The first-order valence-corrected chi connectivity index (χ1v) is 18.2. The number of pyridine rings is 2. The van der Waals surface area contributed by atoms with E-state index in [1.807, 2.05) is 0 Å². The highest BCUT2D eigenvalue weighted by Gasteiger charge is 2.19. The summed E-state index contributed by atoms with van der Waals surface area (Å²) in [5, 5.41) is 10.3. The lowest BCUT2D eigenvalue weighted by atomic mass is 9.85. The highest BCUT2D eigenvalue weighted by atomic mass is 14.7. The molecular weight excluding hydrogens is 581 g/mol. The molecule has 0 radical (unpaired) electrons. The quantitative estimate of drug-likeness (QED) is 0.0768. The molecule has 6 aromatic carbocycles. The van der Waals surface area contributed by atoms with Crippen LogP contribution in [-0.4, -0.2) is 9.97 Å². The number of aryl methyl sites for hydroxylation is 1. The van der Waals surface area contributed by atoms with E-state index in [9.17, 15) is 0 Å².